The van der Waals surface area contributed by atoms with E-state index in [9.17, 15) is 4.79 Å². The molecule has 1 fully saturated rings. The number of hydrogen-bond donors (Lipinski definition) is 1. The van der Waals surface area contributed by atoms with E-state index in [1.165, 1.54) is 19.3 Å². The third-order valence-corrected chi connectivity index (χ3v) is 3.05. The van der Waals surface area contributed by atoms with Gasteiger partial charge >= 0.3 is 0 Å². The molecule has 0 aliphatic carbocycles. The summed E-state index contributed by atoms with van der Waals surface area (Å²) >= 11 is 0. The minimum Gasteiger partial charge on any atom is -0.368 e. The molecule has 0 aromatic carbocycles. The summed E-state index contributed by atoms with van der Waals surface area (Å²) in [4.78, 5) is 13.3. The van der Waals surface area contributed by atoms with Gasteiger partial charge in [0.15, 0.2) is 0 Å². The quantitative estimate of drug-likeness (QED) is 0.714. The molecule has 0 aromatic heterocycles. The van der Waals surface area contributed by atoms with E-state index in [1.807, 2.05) is 6.92 Å². The van der Waals surface area contributed by atoms with Gasteiger partial charge in [0.05, 0.1) is 6.04 Å². The molecule has 1 aliphatic heterocycles. The number of amides is 1. The Morgan fingerprint density at radius 2 is 2.31 bits per heavy atom. The molecule has 0 spiro atoms. The van der Waals surface area contributed by atoms with Crippen molar-refractivity contribution in [2.45, 2.75) is 51.6 Å². The van der Waals surface area contributed by atoms with E-state index >= 15 is 0 Å². The largest absolute Gasteiger partial charge is 0.368 e. The van der Waals surface area contributed by atoms with E-state index in [0.29, 0.717) is 6.04 Å². The Labute approximate surface area is 80.3 Å². The number of nitrogens with two attached hydrogens (primary N) is 1. The van der Waals surface area contributed by atoms with Crippen molar-refractivity contribution in [2.75, 3.05) is 6.54 Å². The molecular formula is C10H20N2O. The topological polar surface area (TPSA) is 46.3 Å². The van der Waals surface area contributed by atoms with Gasteiger partial charge in [-0.05, 0) is 32.7 Å². The van der Waals surface area contributed by atoms with Crippen LogP contribution in [0.4, 0.5) is 0 Å². The number of hydrogen-bond acceptors (Lipinski definition) is 2. The number of carbonyl (C=O) groups is 1. The first-order valence-electron chi connectivity index (χ1n) is 5.22. The van der Waals surface area contributed by atoms with E-state index in [2.05, 4.69) is 11.8 Å². The van der Waals surface area contributed by atoms with Crippen LogP contribution in [0, 0.1) is 0 Å². The molecular weight excluding hydrogens is 164 g/mol. The molecule has 1 amide bonds. The first-order valence-corrected chi connectivity index (χ1v) is 5.22. The van der Waals surface area contributed by atoms with Crippen molar-refractivity contribution in [1.82, 2.24) is 4.90 Å². The second kappa shape index (κ2) is 4.61. The van der Waals surface area contributed by atoms with Crippen LogP contribution in [0.2, 0.25) is 0 Å². The van der Waals surface area contributed by atoms with Gasteiger partial charge in [-0.2, -0.15) is 0 Å². The molecule has 0 saturated carbocycles. The normalized spacial score (nSPS) is 27.1. The Morgan fingerprint density at radius 1 is 1.62 bits per heavy atom. The highest BCUT2D eigenvalue weighted by Gasteiger charge is 2.27. The molecule has 13 heavy (non-hydrogen) atoms. The second-order valence-electron chi connectivity index (χ2n) is 3.87. The fraction of sp³-hybridized carbons (Fsp3) is 0.900. The molecule has 1 rings (SSSR count). The number of primary amides is 1. The first kappa shape index (κ1) is 10.5. The van der Waals surface area contributed by atoms with Gasteiger partial charge < -0.3 is 5.73 Å². The highest BCUT2D eigenvalue weighted by Crippen LogP contribution is 2.21. The maximum Gasteiger partial charge on any atom is 0.234 e. The van der Waals surface area contributed by atoms with Crippen LogP contribution in [0.25, 0.3) is 0 Å². The molecule has 0 bridgehead atoms. The maximum atomic E-state index is 11.0. The smallest absolute Gasteiger partial charge is 0.234 e. The zero-order valence-electron chi connectivity index (χ0n) is 8.62. The highest BCUT2D eigenvalue weighted by molar-refractivity contribution is 5.79. The van der Waals surface area contributed by atoms with Crippen molar-refractivity contribution in [2.24, 2.45) is 5.73 Å². The van der Waals surface area contributed by atoms with Gasteiger partial charge in [-0.3, -0.25) is 9.69 Å². The molecule has 1 heterocycles. The summed E-state index contributed by atoms with van der Waals surface area (Å²) in [7, 11) is 0. The summed E-state index contributed by atoms with van der Waals surface area (Å²) in [6.07, 6.45) is 4.83. The molecule has 0 aromatic rings. The van der Waals surface area contributed by atoms with Crippen LogP contribution in [0.5, 0.6) is 0 Å². The summed E-state index contributed by atoms with van der Waals surface area (Å²) < 4.78 is 0. The SMILES string of the molecule is CCC1CCCCN1C(C)C(N)=O. The molecule has 1 saturated heterocycles. The number of nitrogens with zero attached hydrogens (tertiary/aromatic N) is 1. The van der Waals surface area contributed by atoms with Crippen molar-refractivity contribution in [3.63, 3.8) is 0 Å². The Morgan fingerprint density at radius 3 is 2.85 bits per heavy atom. The average molecular weight is 184 g/mol. The summed E-state index contributed by atoms with van der Waals surface area (Å²) in [5, 5.41) is 0. The third-order valence-electron chi connectivity index (χ3n) is 3.05. The van der Waals surface area contributed by atoms with Crippen molar-refractivity contribution in [1.29, 1.82) is 0 Å². The lowest BCUT2D eigenvalue weighted by Gasteiger charge is -2.38. The van der Waals surface area contributed by atoms with Crippen LogP contribution in [0.3, 0.4) is 0 Å². The summed E-state index contributed by atoms with van der Waals surface area (Å²) in [6.45, 7) is 5.12. The van der Waals surface area contributed by atoms with Crippen LogP contribution in [-0.4, -0.2) is 29.4 Å². The zero-order valence-corrected chi connectivity index (χ0v) is 8.62. The molecule has 1 aliphatic rings. The lowest BCUT2D eigenvalue weighted by Crippen LogP contribution is -2.50. The van der Waals surface area contributed by atoms with Crippen LogP contribution in [0.1, 0.15) is 39.5 Å². The van der Waals surface area contributed by atoms with E-state index in [-0.39, 0.29) is 11.9 Å². The maximum absolute atomic E-state index is 11.0. The molecule has 2 unspecified atom stereocenters. The first-order chi connectivity index (χ1) is 6.16. The Balaban J connectivity index is 2.58. The fourth-order valence-corrected chi connectivity index (χ4v) is 2.13. The highest BCUT2D eigenvalue weighted by atomic mass is 16.1. The van der Waals surface area contributed by atoms with Crippen molar-refractivity contribution >= 4 is 5.91 Å². The molecule has 3 nitrogen and oxygen atoms in total. The van der Waals surface area contributed by atoms with Gasteiger partial charge in [0.1, 0.15) is 0 Å². The van der Waals surface area contributed by atoms with Gasteiger partial charge in [-0.15, -0.1) is 0 Å². The predicted molar refractivity (Wildman–Crippen MR) is 53.3 cm³/mol. The van der Waals surface area contributed by atoms with E-state index in [0.717, 1.165) is 13.0 Å². The number of rotatable bonds is 3. The minimum absolute atomic E-state index is 0.0924. The summed E-state index contributed by atoms with van der Waals surface area (Å²) in [6, 6.07) is 0.474. The third kappa shape index (κ3) is 2.44. The predicted octanol–water partition coefficient (Wildman–Crippen LogP) is 1.12. The number of piperidine rings is 1. The zero-order chi connectivity index (χ0) is 9.84. The van der Waals surface area contributed by atoms with E-state index in [4.69, 9.17) is 5.73 Å². The van der Waals surface area contributed by atoms with Crippen molar-refractivity contribution < 1.29 is 4.79 Å². The van der Waals surface area contributed by atoms with Crippen LogP contribution in [-0.2, 0) is 4.79 Å². The molecule has 76 valence electrons. The van der Waals surface area contributed by atoms with Gasteiger partial charge in [0, 0.05) is 6.04 Å². The van der Waals surface area contributed by atoms with E-state index < -0.39 is 0 Å². The van der Waals surface area contributed by atoms with Gasteiger partial charge in [0.25, 0.3) is 0 Å². The standard InChI is InChI=1S/C10H20N2O/c1-3-9-6-4-5-7-12(9)8(2)10(11)13/h8-9H,3-7H2,1-2H3,(H2,11,13). The summed E-state index contributed by atoms with van der Waals surface area (Å²) in [5.74, 6) is -0.194. The minimum atomic E-state index is -0.194. The lowest BCUT2D eigenvalue weighted by molar-refractivity contribution is -0.124. The fourth-order valence-electron chi connectivity index (χ4n) is 2.13. The lowest BCUT2D eigenvalue weighted by atomic mass is 9.98. The molecule has 2 N–H and O–H groups in total. The number of likely N-dealkylation sites (tertiary alicyclic amines) is 1. The van der Waals surface area contributed by atoms with Crippen LogP contribution >= 0.6 is 0 Å². The Hall–Kier alpha value is -0.570. The molecule has 3 heteroatoms. The van der Waals surface area contributed by atoms with Gasteiger partial charge in [-0.25, -0.2) is 0 Å². The summed E-state index contributed by atoms with van der Waals surface area (Å²) in [5.41, 5.74) is 5.30. The Bertz CT molecular complexity index is 182. The molecule has 2 atom stereocenters. The van der Waals surface area contributed by atoms with Crippen LogP contribution < -0.4 is 5.73 Å². The second-order valence-corrected chi connectivity index (χ2v) is 3.87. The molecule has 0 radical (unpaired) electrons. The number of carbonyl (C=O) groups excluding carboxylic acids is 1. The van der Waals surface area contributed by atoms with Crippen molar-refractivity contribution in [3.8, 4) is 0 Å². The van der Waals surface area contributed by atoms with Gasteiger partial charge in [-0.1, -0.05) is 13.3 Å². The average Bonchev–Trinajstić information content (AvgIpc) is 2.16. The Kier molecular flexibility index (Phi) is 3.72. The van der Waals surface area contributed by atoms with Crippen molar-refractivity contribution in [3.05, 3.63) is 0 Å². The van der Waals surface area contributed by atoms with Gasteiger partial charge in [0.2, 0.25) is 5.91 Å². The monoisotopic (exact) mass is 184 g/mol. The van der Waals surface area contributed by atoms with Crippen LogP contribution in [0.15, 0.2) is 0 Å². The van der Waals surface area contributed by atoms with E-state index in [1.54, 1.807) is 0 Å².